The summed E-state index contributed by atoms with van der Waals surface area (Å²) in [5.74, 6) is 0.641. The summed E-state index contributed by atoms with van der Waals surface area (Å²) in [7, 11) is 0. The summed E-state index contributed by atoms with van der Waals surface area (Å²) in [5.41, 5.74) is 9.48. The molecule has 1 aliphatic rings. The monoisotopic (exact) mass is 271 g/mol. The molecule has 2 unspecified atom stereocenters. The predicted molar refractivity (Wildman–Crippen MR) is 82.7 cm³/mol. The highest BCUT2D eigenvalue weighted by atomic mass is 32.1. The normalized spacial score (nSPS) is 20.0. The molecule has 3 rings (SSSR count). The molecule has 0 aliphatic heterocycles. The number of fused-ring (bicyclic) bond motifs is 1. The first-order valence-corrected chi connectivity index (χ1v) is 7.95. The molecule has 2 aromatic rings. The SMILES string of the molecule is Cc1ccc(C(N)CC2CCCc3ccccc32)s1. The smallest absolute Gasteiger partial charge is 0.0395 e. The van der Waals surface area contributed by atoms with Gasteiger partial charge < -0.3 is 5.73 Å². The molecule has 1 heterocycles. The van der Waals surface area contributed by atoms with E-state index in [2.05, 4.69) is 43.3 Å². The summed E-state index contributed by atoms with van der Waals surface area (Å²) in [6.07, 6.45) is 4.91. The number of aryl methyl sites for hydroxylation is 2. The van der Waals surface area contributed by atoms with Crippen molar-refractivity contribution in [1.29, 1.82) is 0 Å². The van der Waals surface area contributed by atoms with Crippen LogP contribution >= 0.6 is 11.3 Å². The Morgan fingerprint density at radius 3 is 2.89 bits per heavy atom. The fraction of sp³-hybridized carbons (Fsp3) is 0.412. The van der Waals surface area contributed by atoms with Gasteiger partial charge in [-0.05, 0) is 61.8 Å². The van der Waals surface area contributed by atoms with Crippen LogP contribution in [0, 0.1) is 6.92 Å². The molecule has 0 fully saturated rings. The maximum atomic E-state index is 6.41. The van der Waals surface area contributed by atoms with E-state index in [1.165, 1.54) is 40.1 Å². The van der Waals surface area contributed by atoms with Gasteiger partial charge in [0.15, 0.2) is 0 Å². The van der Waals surface area contributed by atoms with Gasteiger partial charge in [-0.15, -0.1) is 11.3 Å². The van der Waals surface area contributed by atoms with Crippen LogP contribution < -0.4 is 5.73 Å². The van der Waals surface area contributed by atoms with Gasteiger partial charge in [0.05, 0.1) is 0 Å². The topological polar surface area (TPSA) is 26.0 Å². The minimum absolute atomic E-state index is 0.190. The van der Waals surface area contributed by atoms with Gasteiger partial charge in [0.25, 0.3) is 0 Å². The number of rotatable bonds is 3. The third kappa shape index (κ3) is 2.75. The molecule has 0 amide bonds. The molecular formula is C17H21NS. The quantitative estimate of drug-likeness (QED) is 0.869. The lowest BCUT2D eigenvalue weighted by Crippen LogP contribution is -2.17. The van der Waals surface area contributed by atoms with Gasteiger partial charge in [-0.2, -0.15) is 0 Å². The molecule has 19 heavy (non-hydrogen) atoms. The first kappa shape index (κ1) is 12.9. The van der Waals surface area contributed by atoms with Crippen molar-refractivity contribution in [2.45, 2.75) is 44.6 Å². The van der Waals surface area contributed by atoms with Crippen LogP contribution in [0.3, 0.4) is 0 Å². The van der Waals surface area contributed by atoms with Crippen molar-refractivity contribution in [3.05, 3.63) is 57.3 Å². The molecule has 0 saturated carbocycles. The van der Waals surface area contributed by atoms with Crippen LogP contribution in [0.5, 0.6) is 0 Å². The lowest BCUT2D eigenvalue weighted by molar-refractivity contribution is 0.479. The molecular weight excluding hydrogens is 250 g/mol. The Hall–Kier alpha value is -1.12. The van der Waals surface area contributed by atoms with Crippen LogP contribution in [0.1, 0.15) is 52.1 Å². The Morgan fingerprint density at radius 2 is 2.11 bits per heavy atom. The zero-order chi connectivity index (χ0) is 13.2. The first-order valence-electron chi connectivity index (χ1n) is 7.14. The molecule has 0 saturated heterocycles. The number of benzene rings is 1. The highest BCUT2D eigenvalue weighted by Gasteiger charge is 2.22. The van der Waals surface area contributed by atoms with Crippen molar-refractivity contribution < 1.29 is 0 Å². The summed E-state index contributed by atoms with van der Waals surface area (Å²) >= 11 is 1.84. The van der Waals surface area contributed by atoms with E-state index in [0.29, 0.717) is 5.92 Å². The second-order valence-electron chi connectivity index (χ2n) is 5.58. The van der Waals surface area contributed by atoms with Crippen molar-refractivity contribution >= 4 is 11.3 Å². The van der Waals surface area contributed by atoms with Crippen molar-refractivity contribution in [3.63, 3.8) is 0 Å². The molecule has 0 radical (unpaired) electrons. The lowest BCUT2D eigenvalue weighted by atomic mass is 9.79. The summed E-state index contributed by atoms with van der Waals surface area (Å²) < 4.78 is 0. The summed E-state index contributed by atoms with van der Waals surface area (Å²) in [5, 5.41) is 0. The molecule has 1 aromatic heterocycles. The Balaban J connectivity index is 1.77. The fourth-order valence-electron chi connectivity index (χ4n) is 3.17. The van der Waals surface area contributed by atoms with Crippen molar-refractivity contribution in [3.8, 4) is 0 Å². The number of hydrogen-bond acceptors (Lipinski definition) is 2. The standard InChI is InChI=1S/C17H21NS/c1-12-9-10-17(19-12)16(18)11-14-7-4-6-13-5-2-3-8-15(13)14/h2-3,5,8-10,14,16H,4,6-7,11,18H2,1H3. The van der Waals surface area contributed by atoms with Gasteiger partial charge in [0, 0.05) is 15.8 Å². The highest BCUT2D eigenvalue weighted by molar-refractivity contribution is 7.12. The average molecular weight is 271 g/mol. The van der Waals surface area contributed by atoms with Gasteiger partial charge in [0.2, 0.25) is 0 Å². The van der Waals surface area contributed by atoms with E-state index in [1.54, 1.807) is 0 Å². The molecule has 0 bridgehead atoms. The first-order chi connectivity index (χ1) is 9.24. The lowest BCUT2D eigenvalue weighted by Gasteiger charge is -2.27. The summed E-state index contributed by atoms with van der Waals surface area (Å²) in [6.45, 7) is 2.15. The van der Waals surface area contributed by atoms with E-state index in [0.717, 1.165) is 6.42 Å². The minimum Gasteiger partial charge on any atom is -0.323 e. The largest absolute Gasteiger partial charge is 0.323 e. The molecule has 100 valence electrons. The van der Waals surface area contributed by atoms with E-state index in [-0.39, 0.29) is 6.04 Å². The Labute approximate surface area is 119 Å². The van der Waals surface area contributed by atoms with Gasteiger partial charge in [-0.3, -0.25) is 0 Å². The number of thiophene rings is 1. The van der Waals surface area contributed by atoms with Crippen LogP contribution in [-0.2, 0) is 6.42 Å². The number of hydrogen-bond donors (Lipinski definition) is 1. The molecule has 2 atom stereocenters. The van der Waals surface area contributed by atoms with Gasteiger partial charge in [-0.1, -0.05) is 24.3 Å². The van der Waals surface area contributed by atoms with Gasteiger partial charge in [0.1, 0.15) is 0 Å². The second kappa shape index (κ2) is 5.48. The molecule has 1 aliphatic carbocycles. The van der Waals surface area contributed by atoms with Crippen molar-refractivity contribution in [1.82, 2.24) is 0 Å². The summed E-state index contributed by atoms with van der Waals surface area (Å²) in [4.78, 5) is 2.69. The molecule has 0 spiro atoms. The predicted octanol–water partition coefficient (Wildman–Crippen LogP) is 4.57. The van der Waals surface area contributed by atoms with Crippen LogP contribution in [0.2, 0.25) is 0 Å². The molecule has 2 N–H and O–H groups in total. The third-order valence-electron chi connectivity index (χ3n) is 4.16. The van der Waals surface area contributed by atoms with Gasteiger partial charge >= 0.3 is 0 Å². The average Bonchev–Trinajstić information content (AvgIpc) is 2.86. The maximum Gasteiger partial charge on any atom is 0.0395 e. The fourth-order valence-corrected chi connectivity index (χ4v) is 4.07. The Kier molecular flexibility index (Phi) is 3.72. The van der Waals surface area contributed by atoms with Gasteiger partial charge in [-0.25, -0.2) is 0 Å². The third-order valence-corrected chi connectivity index (χ3v) is 5.29. The van der Waals surface area contributed by atoms with E-state index in [4.69, 9.17) is 5.73 Å². The highest BCUT2D eigenvalue weighted by Crippen LogP contribution is 2.38. The number of nitrogens with two attached hydrogens (primary N) is 1. The van der Waals surface area contributed by atoms with Crippen LogP contribution in [0.4, 0.5) is 0 Å². The summed E-state index contributed by atoms with van der Waals surface area (Å²) in [6, 6.07) is 13.5. The van der Waals surface area contributed by atoms with Crippen LogP contribution in [0.25, 0.3) is 0 Å². The van der Waals surface area contributed by atoms with Crippen molar-refractivity contribution in [2.75, 3.05) is 0 Å². The Morgan fingerprint density at radius 1 is 1.26 bits per heavy atom. The molecule has 1 aromatic carbocycles. The zero-order valence-electron chi connectivity index (χ0n) is 11.4. The van der Waals surface area contributed by atoms with E-state index in [1.807, 2.05) is 11.3 Å². The van der Waals surface area contributed by atoms with E-state index in [9.17, 15) is 0 Å². The van der Waals surface area contributed by atoms with Crippen LogP contribution in [0.15, 0.2) is 36.4 Å². The van der Waals surface area contributed by atoms with Crippen molar-refractivity contribution in [2.24, 2.45) is 5.73 Å². The van der Waals surface area contributed by atoms with E-state index >= 15 is 0 Å². The Bertz CT molecular complexity index is 558. The molecule has 2 heteroatoms. The van der Waals surface area contributed by atoms with E-state index < -0.39 is 0 Å². The zero-order valence-corrected chi connectivity index (χ0v) is 12.2. The maximum absolute atomic E-state index is 6.41. The molecule has 1 nitrogen and oxygen atoms in total. The van der Waals surface area contributed by atoms with Crippen LogP contribution in [-0.4, -0.2) is 0 Å². The second-order valence-corrected chi connectivity index (χ2v) is 6.90. The minimum atomic E-state index is 0.190.